The molecule has 3 heterocycles. The molecule has 41 heavy (non-hydrogen) atoms. The normalized spacial score (nSPS) is 16.3. The second kappa shape index (κ2) is 12.2. The number of nitrogens with one attached hydrogen (secondary N) is 2. The fourth-order valence-electron chi connectivity index (χ4n) is 4.99. The van der Waals surface area contributed by atoms with Gasteiger partial charge in [0.2, 0.25) is 5.91 Å². The highest BCUT2D eigenvalue weighted by atomic mass is 32.1. The highest BCUT2D eigenvalue weighted by Gasteiger charge is 2.41. The number of nitrogens with zero attached hydrogens (tertiary/aromatic N) is 3. The quantitative estimate of drug-likeness (QED) is 0.138. The molecule has 1 amide bonds. The van der Waals surface area contributed by atoms with E-state index in [1.54, 1.807) is 18.3 Å². The van der Waals surface area contributed by atoms with Gasteiger partial charge in [0.15, 0.2) is 5.11 Å². The van der Waals surface area contributed by atoms with Gasteiger partial charge in [-0.05, 0) is 60.6 Å². The Kier molecular flexibility index (Phi) is 8.25. The molecule has 2 N–H and O–H groups in total. The van der Waals surface area contributed by atoms with Crippen molar-refractivity contribution in [3.63, 3.8) is 0 Å². The first kappa shape index (κ1) is 27.8. The van der Waals surface area contributed by atoms with Gasteiger partial charge >= 0.3 is 0 Å². The summed E-state index contributed by atoms with van der Waals surface area (Å²) in [7, 11) is 1.45. The number of methoxy groups -OCH3 is 1. The molecule has 10 nitrogen and oxygen atoms in total. The van der Waals surface area contributed by atoms with Gasteiger partial charge in [0.25, 0.3) is 5.69 Å². The lowest BCUT2D eigenvalue weighted by molar-refractivity contribution is -0.384. The Morgan fingerprint density at radius 3 is 2.71 bits per heavy atom. The van der Waals surface area contributed by atoms with Gasteiger partial charge in [-0.3, -0.25) is 19.9 Å². The van der Waals surface area contributed by atoms with Crippen LogP contribution in [0.25, 0.3) is 11.3 Å². The molecule has 0 spiro atoms. The van der Waals surface area contributed by atoms with E-state index in [-0.39, 0.29) is 24.1 Å². The van der Waals surface area contributed by atoms with Gasteiger partial charge in [-0.2, -0.15) is 0 Å². The summed E-state index contributed by atoms with van der Waals surface area (Å²) in [5.41, 5.74) is 3.14. The number of carbonyl (C=O) groups is 1. The maximum atomic E-state index is 13.0. The zero-order valence-electron chi connectivity index (χ0n) is 22.6. The minimum absolute atomic E-state index is 0.0797. The highest BCUT2D eigenvalue weighted by molar-refractivity contribution is 7.80. The topological polar surface area (TPSA) is 123 Å². The Morgan fingerprint density at radius 1 is 1.17 bits per heavy atom. The van der Waals surface area contributed by atoms with Gasteiger partial charge < -0.3 is 24.7 Å². The molecule has 4 aromatic rings. The van der Waals surface area contributed by atoms with Gasteiger partial charge in [-0.1, -0.05) is 31.2 Å². The number of benzene rings is 2. The summed E-state index contributed by atoms with van der Waals surface area (Å²) in [4.78, 5) is 30.2. The van der Waals surface area contributed by atoms with E-state index in [4.69, 9.17) is 21.4 Å². The standard InChI is InChI=1S/C30H29N5O5S/c1-3-19-8-4-5-9-22(19)32-27(36)15-17-34-29(28(33-30(34)41)23-10-6-7-16-31-23)25-14-13-24(40-25)21-12-11-20(35(37)38)18-26(21)39-2/h4-14,16,18,28-29H,3,15,17H2,1-2H3,(H,32,36)(H,33,41). The van der Waals surface area contributed by atoms with E-state index in [1.165, 1.54) is 19.2 Å². The number of aromatic nitrogens is 1. The Hall–Kier alpha value is -4.77. The molecule has 5 rings (SSSR count). The van der Waals surface area contributed by atoms with E-state index >= 15 is 0 Å². The van der Waals surface area contributed by atoms with Crippen LogP contribution >= 0.6 is 12.2 Å². The number of ether oxygens (including phenoxy) is 1. The van der Waals surface area contributed by atoms with Crippen molar-refractivity contribution < 1.29 is 18.9 Å². The van der Waals surface area contributed by atoms with E-state index in [9.17, 15) is 14.9 Å². The third-order valence-corrected chi connectivity index (χ3v) is 7.38. The smallest absolute Gasteiger partial charge is 0.273 e. The molecule has 0 bridgehead atoms. The van der Waals surface area contributed by atoms with Crippen molar-refractivity contribution in [3.8, 4) is 17.1 Å². The van der Waals surface area contributed by atoms with E-state index in [2.05, 4.69) is 15.6 Å². The fraction of sp³-hybridized carbons (Fsp3) is 0.233. The number of carbonyl (C=O) groups excluding carboxylic acids is 1. The Morgan fingerprint density at radius 2 is 1.98 bits per heavy atom. The minimum atomic E-state index is -0.475. The van der Waals surface area contributed by atoms with Gasteiger partial charge in [0, 0.05) is 30.9 Å². The summed E-state index contributed by atoms with van der Waals surface area (Å²) in [6.07, 6.45) is 2.73. The van der Waals surface area contributed by atoms with Crippen LogP contribution in [0, 0.1) is 10.1 Å². The number of pyridine rings is 1. The first-order valence-corrected chi connectivity index (χ1v) is 13.6. The van der Waals surface area contributed by atoms with Gasteiger partial charge in [-0.15, -0.1) is 0 Å². The van der Waals surface area contributed by atoms with Crippen LogP contribution in [-0.4, -0.2) is 39.5 Å². The number of hydrogen-bond acceptors (Lipinski definition) is 7. The van der Waals surface area contributed by atoms with Crippen LogP contribution in [0.15, 0.2) is 83.4 Å². The van der Waals surface area contributed by atoms with Crippen molar-refractivity contribution in [2.24, 2.45) is 0 Å². The lowest BCUT2D eigenvalue weighted by Crippen LogP contribution is -2.32. The number of thiocarbonyl (C=S) groups is 1. The number of anilines is 1. The Bertz CT molecular complexity index is 1570. The lowest BCUT2D eigenvalue weighted by Gasteiger charge is -2.26. The third-order valence-electron chi connectivity index (χ3n) is 7.03. The summed E-state index contributed by atoms with van der Waals surface area (Å²) >= 11 is 5.72. The summed E-state index contributed by atoms with van der Waals surface area (Å²) in [6.45, 7) is 2.39. The van der Waals surface area contributed by atoms with Crippen molar-refractivity contribution in [1.29, 1.82) is 0 Å². The van der Waals surface area contributed by atoms with Crippen molar-refractivity contribution in [1.82, 2.24) is 15.2 Å². The number of aryl methyl sites for hydroxylation is 1. The van der Waals surface area contributed by atoms with Crippen LogP contribution < -0.4 is 15.4 Å². The monoisotopic (exact) mass is 571 g/mol. The predicted octanol–water partition coefficient (Wildman–Crippen LogP) is 5.82. The molecule has 1 saturated heterocycles. The Labute approximate surface area is 242 Å². The van der Waals surface area contributed by atoms with Crippen LogP contribution in [0.3, 0.4) is 0 Å². The maximum Gasteiger partial charge on any atom is 0.273 e. The number of furan rings is 1. The zero-order valence-corrected chi connectivity index (χ0v) is 23.4. The molecule has 2 aromatic heterocycles. The molecule has 1 aliphatic rings. The van der Waals surface area contributed by atoms with Crippen LogP contribution in [0.4, 0.5) is 11.4 Å². The largest absolute Gasteiger partial charge is 0.496 e. The average molecular weight is 572 g/mol. The number of amides is 1. The first-order valence-electron chi connectivity index (χ1n) is 13.2. The molecule has 210 valence electrons. The lowest BCUT2D eigenvalue weighted by atomic mass is 10.0. The van der Waals surface area contributed by atoms with Crippen LogP contribution in [0.1, 0.15) is 42.4 Å². The van der Waals surface area contributed by atoms with Crippen molar-refractivity contribution in [2.75, 3.05) is 19.0 Å². The predicted molar refractivity (Wildman–Crippen MR) is 159 cm³/mol. The molecule has 1 fully saturated rings. The van der Waals surface area contributed by atoms with Crippen LogP contribution in [0.5, 0.6) is 5.75 Å². The summed E-state index contributed by atoms with van der Waals surface area (Å²) in [5.74, 6) is 1.28. The van der Waals surface area contributed by atoms with E-state index in [1.807, 2.05) is 60.4 Å². The number of para-hydroxylation sites is 1. The number of nitro benzene ring substituents is 1. The van der Waals surface area contributed by atoms with E-state index in [0.717, 1.165) is 23.4 Å². The molecule has 0 radical (unpaired) electrons. The van der Waals surface area contributed by atoms with Crippen molar-refractivity contribution >= 4 is 34.6 Å². The van der Waals surface area contributed by atoms with E-state index in [0.29, 0.717) is 34.5 Å². The van der Waals surface area contributed by atoms with Crippen molar-refractivity contribution in [2.45, 2.75) is 31.8 Å². The van der Waals surface area contributed by atoms with Crippen LogP contribution in [-0.2, 0) is 11.2 Å². The molecule has 2 atom stereocenters. The SMILES string of the molecule is CCc1ccccc1NC(=O)CCN1C(=S)NC(c2ccccn2)C1c1ccc(-c2ccc([N+](=O)[O-])cc2OC)o1. The van der Waals surface area contributed by atoms with Crippen molar-refractivity contribution in [3.05, 3.63) is 106 Å². The minimum Gasteiger partial charge on any atom is -0.496 e. The molecule has 0 aliphatic carbocycles. The van der Waals surface area contributed by atoms with Crippen LogP contribution in [0.2, 0.25) is 0 Å². The summed E-state index contributed by atoms with van der Waals surface area (Å²) in [6, 6.07) is 20.7. The van der Waals surface area contributed by atoms with Gasteiger partial charge in [0.05, 0.1) is 35.4 Å². The molecular weight excluding hydrogens is 542 g/mol. The highest BCUT2D eigenvalue weighted by Crippen LogP contribution is 2.42. The summed E-state index contributed by atoms with van der Waals surface area (Å²) in [5, 5.41) is 18.1. The second-order valence-electron chi connectivity index (χ2n) is 9.47. The molecule has 1 aliphatic heterocycles. The molecule has 11 heteroatoms. The number of rotatable bonds is 10. The molecule has 0 saturated carbocycles. The number of nitro groups is 1. The number of non-ortho nitro benzene ring substituents is 1. The Balaban J connectivity index is 1.43. The maximum absolute atomic E-state index is 13.0. The average Bonchev–Trinajstić information content (AvgIpc) is 3.60. The number of hydrogen-bond donors (Lipinski definition) is 2. The fourth-order valence-corrected chi connectivity index (χ4v) is 5.33. The van der Waals surface area contributed by atoms with E-state index < -0.39 is 11.0 Å². The summed E-state index contributed by atoms with van der Waals surface area (Å²) < 4.78 is 11.8. The van der Waals surface area contributed by atoms with Gasteiger partial charge in [-0.25, -0.2) is 0 Å². The molecular formula is C30H29N5O5S. The first-order chi connectivity index (χ1) is 19.9. The molecule has 2 unspecified atom stereocenters. The second-order valence-corrected chi connectivity index (χ2v) is 9.86. The third kappa shape index (κ3) is 5.90. The molecule has 2 aromatic carbocycles. The van der Waals surface area contributed by atoms with Gasteiger partial charge in [0.1, 0.15) is 23.3 Å². The zero-order chi connectivity index (χ0) is 28.9.